The van der Waals surface area contributed by atoms with Crippen molar-refractivity contribution in [2.24, 2.45) is 0 Å². The summed E-state index contributed by atoms with van der Waals surface area (Å²) in [6.45, 7) is 3.10. The number of halogens is 2. The van der Waals surface area contributed by atoms with E-state index in [2.05, 4.69) is 11.3 Å². The molecule has 122 valence electrons. The summed E-state index contributed by atoms with van der Waals surface area (Å²) in [6, 6.07) is 10.2. The molecule has 0 unspecified atom stereocenters. The number of benzene rings is 2. The smallest absolute Gasteiger partial charge is 0.455 e. The Balaban J connectivity index is 2.31. The summed E-state index contributed by atoms with van der Waals surface area (Å²) < 4.78 is 60.0. The number of alkyl halides is 2. The molecule has 0 saturated carbocycles. The van der Waals surface area contributed by atoms with Crippen LogP contribution in [0.25, 0.3) is 16.8 Å². The quantitative estimate of drug-likeness (QED) is 0.667. The summed E-state index contributed by atoms with van der Waals surface area (Å²) >= 11 is 0. The molecule has 0 aliphatic rings. The summed E-state index contributed by atoms with van der Waals surface area (Å²) in [4.78, 5) is 11.2. The van der Waals surface area contributed by atoms with E-state index in [0.29, 0.717) is 10.9 Å². The van der Waals surface area contributed by atoms with E-state index in [0.717, 1.165) is 10.9 Å². The fourth-order valence-electron chi connectivity index (χ4n) is 2.02. The molecule has 0 aromatic heterocycles. The van der Waals surface area contributed by atoms with Crippen LogP contribution in [0.3, 0.4) is 0 Å². The van der Waals surface area contributed by atoms with Gasteiger partial charge in [0.1, 0.15) is 6.61 Å². The van der Waals surface area contributed by atoms with Gasteiger partial charge < -0.3 is 4.74 Å². The van der Waals surface area contributed by atoms with Crippen LogP contribution in [0.15, 0.2) is 43.0 Å². The number of hydrogen-bond donors (Lipinski definition) is 1. The molecule has 5 nitrogen and oxygen atoms in total. The molecule has 0 spiro atoms. The van der Waals surface area contributed by atoms with E-state index in [1.165, 1.54) is 0 Å². The first-order chi connectivity index (χ1) is 10.7. The minimum Gasteiger partial charge on any atom is -0.455 e. The highest BCUT2D eigenvalue weighted by Gasteiger charge is 2.54. The Hall–Kier alpha value is -2.32. The molecule has 0 bridgehead atoms. The molecule has 2 aromatic rings. The van der Waals surface area contributed by atoms with Crippen LogP contribution in [-0.4, -0.2) is 24.2 Å². The number of carbonyl (C=O) groups is 1. The average Bonchev–Trinajstić information content (AvgIpc) is 2.51. The normalized spacial score (nSPS) is 12.1. The number of hydrogen-bond acceptors (Lipinski definition) is 4. The van der Waals surface area contributed by atoms with E-state index in [-0.39, 0.29) is 0 Å². The number of fused-ring (bicyclic) bond motifs is 1. The average molecular weight is 342 g/mol. The first-order valence-electron chi connectivity index (χ1n) is 6.33. The van der Waals surface area contributed by atoms with Gasteiger partial charge in [0, 0.05) is 0 Å². The van der Waals surface area contributed by atoms with Crippen molar-refractivity contribution < 1.29 is 31.3 Å². The Morgan fingerprint density at radius 2 is 1.83 bits per heavy atom. The molecule has 8 heteroatoms. The second-order valence-corrected chi connectivity index (χ2v) is 6.09. The maximum Gasteiger partial charge on any atom is 0.465 e. The van der Waals surface area contributed by atoms with Gasteiger partial charge in [0.25, 0.3) is 0 Å². The topological polar surface area (TPSA) is 80.7 Å². The molecular weight excluding hydrogens is 330 g/mol. The molecule has 0 amide bonds. The summed E-state index contributed by atoms with van der Waals surface area (Å²) in [5.41, 5.74) is 1.21. The lowest BCUT2D eigenvalue weighted by atomic mass is 10.00. The molecule has 2 rings (SSSR count). The van der Waals surface area contributed by atoms with E-state index in [9.17, 15) is 22.0 Å². The molecule has 0 saturated heterocycles. The van der Waals surface area contributed by atoms with Crippen LogP contribution in [0.4, 0.5) is 8.78 Å². The van der Waals surface area contributed by atoms with E-state index < -0.39 is 27.9 Å². The van der Waals surface area contributed by atoms with Crippen LogP contribution in [0.2, 0.25) is 0 Å². The van der Waals surface area contributed by atoms with Crippen molar-refractivity contribution in [3.05, 3.63) is 54.1 Å². The van der Waals surface area contributed by atoms with Crippen LogP contribution < -0.4 is 0 Å². The Kier molecular flexibility index (Phi) is 4.49. The van der Waals surface area contributed by atoms with Gasteiger partial charge in [-0.2, -0.15) is 17.2 Å². The van der Waals surface area contributed by atoms with Gasteiger partial charge in [-0.25, -0.2) is 4.79 Å². The molecule has 23 heavy (non-hydrogen) atoms. The summed E-state index contributed by atoms with van der Waals surface area (Å²) in [5, 5.41) is -3.59. The second-order valence-electron chi connectivity index (χ2n) is 4.63. The zero-order valence-electron chi connectivity index (χ0n) is 11.7. The van der Waals surface area contributed by atoms with Gasteiger partial charge >= 0.3 is 21.3 Å². The molecule has 0 aliphatic carbocycles. The van der Waals surface area contributed by atoms with Crippen LogP contribution in [0.1, 0.15) is 11.1 Å². The maximum absolute atomic E-state index is 13.1. The van der Waals surface area contributed by atoms with E-state index in [1.54, 1.807) is 42.5 Å². The summed E-state index contributed by atoms with van der Waals surface area (Å²) in [6.07, 6.45) is 1.62. The van der Waals surface area contributed by atoms with E-state index >= 15 is 0 Å². The Morgan fingerprint density at radius 1 is 1.22 bits per heavy atom. The Bertz CT molecular complexity index is 875. The highest BCUT2D eigenvalue weighted by atomic mass is 32.2. The summed E-state index contributed by atoms with van der Waals surface area (Å²) in [7, 11) is -5.88. The monoisotopic (exact) mass is 342 g/mol. The molecule has 0 fully saturated rings. The van der Waals surface area contributed by atoms with E-state index in [1.807, 2.05) is 0 Å². The molecule has 0 aliphatic heterocycles. The van der Waals surface area contributed by atoms with Crippen molar-refractivity contribution in [1.82, 2.24) is 0 Å². The molecule has 2 aromatic carbocycles. The van der Waals surface area contributed by atoms with Crippen molar-refractivity contribution in [3.63, 3.8) is 0 Å². The van der Waals surface area contributed by atoms with Gasteiger partial charge in [-0.3, -0.25) is 4.55 Å². The predicted molar refractivity (Wildman–Crippen MR) is 80.3 cm³/mol. The third-order valence-electron chi connectivity index (χ3n) is 3.19. The van der Waals surface area contributed by atoms with Crippen LogP contribution in [0.5, 0.6) is 0 Å². The van der Waals surface area contributed by atoms with Crippen LogP contribution in [-0.2, 0) is 26.3 Å². The number of carbonyl (C=O) groups excluding carboxylic acids is 1. The third kappa shape index (κ3) is 3.22. The fraction of sp³-hybridized carbons (Fsp3) is 0.133. The largest absolute Gasteiger partial charge is 0.465 e. The number of rotatable bonds is 5. The molecular formula is C15H12F2O5S. The van der Waals surface area contributed by atoms with Crippen molar-refractivity contribution in [2.75, 3.05) is 0 Å². The van der Waals surface area contributed by atoms with Crippen LogP contribution in [0, 0.1) is 0 Å². The highest BCUT2D eigenvalue weighted by molar-refractivity contribution is 7.87. The Morgan fingerprint density at radius 3 is 2.39 bits per heavy atom. The fourth-order valence-corrected chi connectivity index (χ4v) is 2.29. The Labute approximate surface area is 130 Å². The van der Waals surface area contributed by atoms with Gasteiger partial charge in [0.15, 0.2) is 0 Å². The SMILES string of the molecule is C=Cc1ccc(COC(=O)C(F)(F)S(=O)(=O)O)c2ccccc12. The second kappa shape index (κ2) is 6.05. The van der Waals surface area contributed by atoms with Crippen LogP contribution >= 0.6 is 0 Å². The van der Waals surface area contributed by atoms with Gasteiger partial charge in [-0.05, 0) is 21.9 Å². The minimum absolute atomic E-state index is 0.408. The van der Waals surface area contributed by atoms with Gasteiger partial charge in [0.05, 0.1) is 0 Å². The van der Waals surface area contributed by atoms with Crippen molar-refractivity contribution >= 4 is 32.9 Å². The highest BCUT2D eigenvalue weighted by Crippen LogP contribution is 2.26. The van der Waals surface area contributed by atoms with Crippen molar-refractivity contribution in [3.8, 4) is 0 Å². The lowest BCUT2D eigenvalue weighted by Gasteiger charge is -2.13. The molecule has 0 heterocycles. The van der Waals surface area contributed by atoms with Crippen molar-refractivity contribution in [1.29, 1.82) is 0 Å². The van der Waals surface area contributed by atoms with Gasteiger partial charge in [-0.15, -0.1) is 0 Å². The van der Waals surface area contributed by atoms with Gasteiger partial charge in [0.2, 0.25) is 0 Å². The number of ether oxygens (including phenoxy) is 1. The van der Waals surface area contributed by atoms with Gasteiger partial charge in [-0.1, -0.05) is 49.1 Å². The first-order valence-corrected chi connectivity index (χ1v) is 7.77. The summed E-state index contributed by atoms with van der Waals surface area (Å²) in [5.74, 6) is -2.34. The van der Waals surface area contributed by atoms with Crippen molar-refractivity contribution in [2.45, 2.75) is 11.9 Å². The standard InChI is InChI=1S/C15H12F2O5S/c1-2-10-7-8-11(13-6-4-3-5-12(10)13)9-22-14(18)15(16,17)23(19,20)21/h2-8H,1,9H2,(H,19,20,21). The zero-order valence-corrected chi connectivity index (χ0v) is 12.5. The molecule has 0 radical (unpaired) electrons. The van der Waals surface area contributed by atoms with E-state index in [4.69, 9.17) is 4.55 Å². The number of esters is 1. The lowest BCUT2D eigenvalue weighted by molar-refractivity contribution is -0.162. The lowest BCUT2D eigenvalue weighted by Crippen LogP contribution is -2.38. The molecule has 0 atom stereocenters. The maximum atomic E-state index is 13.1. The first kappa shape index (κ1) is 17.0. The predicted octanol–water partition coefficient (Wildman–Crippen LogP) is 3.01. The molecule has 1 N–H and O–H groups in total. The third-order valence-corrected chi connectivity index (χ3v) is 4.00. The zero-order chi connectivity index (χ0) is 17.3. The minimum atomic E-state index is -5.88.